The molecule has 0 amide bonds. The summed E-state index contributed by atoms with van der Waals surface area (Å²) in [4.78, 5) is 26.7. The predicted octanol–water partition coefficient (Wildman–Crippen LogP) is 1.98. The summed E-state index contributed by atoms with van der Waals surface area (Å²) in [5.41, 5.74) is 0. The van der Waals surface area contributed by atoms with Gasteiger partial charge >= 0.3 is 0 Å². The molecule has 280 valence electrons. The fraction of sp³-hybridized carbons (Fsp3) is 0.949. The van der Waals surface area contributed by atoms with Crippen LogP contribution in [-0.2, 0) is 9.59 Å². The van der Waals surface area contributed by atoms with Gasteiger partial charge in [0.05, 0.1) is 39.8 Å². The summed E-state index contributed by atoms with van der Waals surface area (Å²) in [5.74, 6) is 0.771. The van der Waals surface area contributed by atoms with Gasteiger partial charge < -0.3 is 44.4 Å². The summed E-state index contributed by atoms with van der Waals surface area (Å²) < 4.78 is 1.52. The summed E-state index contributed by atoms with van der Waals surface area (Å²) >= 11 is 0. The SMILES string of the molecule is CCCCCCCCCCCCCCCCCC[N+](C)(CC[N+](C)(C)CC(=O)C1CCCCCN1)CC(=O)C1CCCCCN1.[Cl-].[Cl-]. The molecule has 2 aliphatic heterocycles. The molecule has 2 N–H and O–H groups in total. The van der Waals surface area contributed by atoms with Crippen molar-refractivity contribution >= 4 is 11.6 Å². The van der Waals surface area contributed by atoms with E-state index in [1.54, 1.807) is 0 Å². The third-order valence-electron chi connectivity index (χ3n) is 10.8. The number of ketones is 2. The van der Waals surface area contributed by atoms with Gasteiger partial charge in [-0.2, -0.15) is 0 Å². The summed E-state index contributed by atoms with van der Waals surface area (Å²) in [6.07, 6.45) is 31.2. The van der Waals surface area contributed by atoms with Crippen LogP contribution in [0.15, 0.2) is 0 Å². The fourth-order valence-corrected chi connectivity index (χ4v) is 7.53. The Balaban J connectivity index is 0.0000106. The van der Waals surface area contributed by atoms with Gasteiger partial charge in [-0.05, 0) is 51.6 Å². The van der Waals surface area contributed by atoms with Crippen LogP contribution < -0.4 is 35.4 Å². The maximum Gasteiger partial charge on any atom is 0.203 e. The van der Waals surface area contributed by atoms with E-state index < -0.39 is 0 Å². The molecule has 0 aromatic carbocycles. The second-order valence-electron chi connectivity index (χ2n) is 16.0. The minimum Gasteiger partial charge on any atom is -1.00 e. The van der Waals surface area contributed by atoms with Gasteiger partial charge in [0.25, 0.3) is 0 Å². The van der Waals surface area contributed by atoms with E-state index in [0.717, 1.165) is 62.9 Å². The molecule has 2 heterocycles. The molecule has 3 unspecified atom stereocenters. The van der Waals surface area contributed by atoms with Gasteiger partial charge in [0.15, 0.2) is 0 Å². The Morgan fingerprint density at radius 1 is 0.511 bits per heavy atom. The molecule has 0 bridgehead atoms. The van der Waals surface area contributed by atoms with E-state index in [1.807, 2.05) is 0 Å². The van der Waals surface area contributed by atoms with Crippen LogP contribution in [0.5, 0.6) is 0 Å². The molecule has 0 aromatic rings. The Morgan fingerprint density at radius 3 is 1.36 bits per heavy atom. The zero-order valence-corrected chi connectivity index (χ0v) is 33.1. The Labute approximate surface area is 304 Å². The lowest BCUT2D eigenvalue weighted by molar-refractivity contribution is -0.948. The lowest BCUT2D eigenvalue weighted by Crippen LogP contribution is -3.00. The second-order valence-corrected chi connectivity index (χ2v) is 16.0. The summed E-state index contributed by atoms with van der Waals surface area (Å²) in [6.45, 7) is 8.38. The molecule has 0 spiro atoms. The maximum absolute atomic E-state index is 13.5. The first kappa shape index (κ1) is 46.8. The highest BCUT2D eigenvalue weighted by atomic mass is 35.5. The molecule has 0 radical (unpaired) electrons. The standard InChI is InChI=1S/C39H78N4O2.2ClH/c1-5-6-7-8-9-10-11-12-13-14-15-16-17-18-19-26-31-43(4,35-39(45)37-28-23-21-25-30-41-37)33-32-42(2,3)34-38(44)36-27-22-20-24-29-40-36;;/h36-37,40-41H,5-35H2,1-4H3;2*1H/q+2;;/p-2. The first-order chi connectivity index (χ1) is 21.7. The number of hydrogen-bond donors (Lipinski definition) is 2. The topological polar surface area (TPSA) is 58.2 Å². The van der Waals surface area contributed by atoms with Gasteiger partial charge in [-0.1, -0.05) is 122 Å². The van der Waals surface area contributed by atoms with Crippen LogP contribution in [0.25, 0.3) is 0 Å². The Bertz CT molecular complexity index is 768. The van der Waals surface area contributed by atoms with Crippen molar-refractivity contribution in [2.24, 2.45) is 0 Å². The number of carbonyl (C=O) groups is 2. The van der Waals surface area contributed by atoms with Crippen LogP contribution in [-0.4, -0.2) is 99.6 Å². The minimum absolute atomic E-state index is 0. The number of carbonyl (C=O) groups excluding carboxylic acids is 2. The van der Waals surface area contributed by atoms with Gasteiger partial charge in [0.2, 0.25) is 11.6 Å². The number of rotatable bonds is 26. The first-order valence-electron chi connectivity index (χ1n) is 19.9. The lowest BCUT2D eigenvalue weighted by Gasteiger charge is -2.38. The molecule has 0 saturated carbocycles. The van der Waals surface area contributed by atoms with E-state index in [4.69, 9.17) is 0 Å². The quantitative estimate of drug-likeness (QED) is 0.107. The monoisotopic (exact) mass is 705 g/mol. The number of Topliss-reactive ketones (excluding diaryl/α,β-unsaturated/α-hetero) is 2. The van der Waals surface area contributed by atoms with Crippen molar-refractivity contribution in [3.63, 3.8) is 0 Å². The van der Waals surface area contributed by atoms with Crippen LogP contribution in [0.2, 0.25) is 0 Å². The lowest BCUT2D eigenvalue weighted by atomic mass is 10.0. The van der Waals surface area contributed by atoms with Gasteiger partial charge in [-0.15, -0.1) is 0 Å². The average Bonchev–Trinajstić information content (AvgIpc) is 3.46. The third-order valence-corrected chi connectivity index (χ3v) is 10.8. The van der Waals surface area contributed by atoms with Crippen molar-refractivity contribution in [1.82, 2.24) is 10.6 Å². The average molecular weight is 706 g/mol. The van der Waals surface area contributed by atoms with Gasteiger partial charge in [0.1, 0.15) is 26.2 Å². The molecule has 0 aromatic heterocycles. The maximum atomic E-state index is 13.5. The second kappa shape index (κ2) is 28.5. The highest BCUT2D eigenvalue weighted by Crippen LogP contribution is 2.18. The zero-order chi connectivity index (χ0) is 32.6. The molecule has 2 aliphatic rings. The molecule has 2 fully saturated rings. The minimum atomic E-state index is 0. The molecule has 6 nitrogen and oxygen atoms in total. The van der Waals surface area contributed by atoms with Crippen molar-refractivity contribution in [2.75, 3.05) is 67.0 Å². The smallest absolute Gasteiger partial charge is 0.203 e. The molecule has 8 heteroatoms. The molecule has 47 heavy (non-hydrogen) atoms. The van der Waals surface area contributed by atoms with Crippen LogP contribution in [0.1, 0.15) is 161 Å². The zero-order valence-electron chi connectivity index (χ0n) is 31.5. The predicted molar refractivity (Wildman–Crippen MR) is 193 cm³/mol. The highest BCUT2D eigenvalue weighted by Gasteiger charge is 2.34. The number of quaternary nitrogens is 2. The van der Waals surface area contributed by atoms with Gasteiger partial charge in [-0.3, -0.25) is 9.59 Å². The number of nitrogens with one attached hydrogen (secondary N) is 2. The number of likely N-dealkylation sites (N-methyl/N-ethyl adjacent to an activating group) is 2. The molecule has 2 saturated heterocycles. The van der Waals surface area contributed by atoms with Crippen molar-refractivity contribution in [3.05, 3.63) is 0 Å². The van der Waals surface area contributed by atoms with Crippen LogP contribution >= 0.6 is 0 Å². The van der Waals surface area contributed by atoms with E-state index in [9.17, 15) is 9.59 Å². The van der Waals surface area contributed by atoms with E-state index in [2.05, 4.69) is 38.7 Å². The van der Waals surface area contributed by atoms with Crippen LogP contribution in [0.4, 0.5) is 0 Å². The Hall–Kier alpha value is -0.240. The first-order valence-corrected chi connectivity index (χ1v) is 19.9. The molecule has 3 atom stereocenters. The van der Waals surface area contributed by atoms with Crippen LogP contribution in [0, 0.1) is 0 Å². The molecular weight excluding hydrogens is 627 g/mol. The van der Waals surface area contributed by atoms with Crippen molar-refractivity contribution in [3.8, 4) is 0 Å². The van der Waals surface area contributed by atoms with Gasteiger partial charge in [-0.25, -0.2) is 0 Å². The fourth-order valence-electron chi connectivity index (χ4n) is 7.53. The highest BCUT2D eigenvalue weighted by molar-refractivity contribution is 5.85. The number of nitrogens with zero attached hydrogens (tertiary/aromatic N) is 2. The third kappa shape index (κ3) is 23.0. The summed E-state index contributed by atoms with van der Waals surface area (Å²) in [7, 11) is 6.74. The van der Waals surface area contributed by atoms with Crippen molar-refractivity contribution < 1.29 is 43.4 Å². The number of halogens is 2. The Kier molecular flexibility index (Phi) is 28.3. The molecule has 2 rings (SSSR count). The summed E-state index contributed by atoms with van der Waals surface area (Å²) in [6, 6.07) is 0.0555. The normalized spacial score (nSPS) is 20.3. The number of hydrogen-bond acceptors (Lipinski definition) is 4. The van der Waals surface area contributed by atoms with Gasteiger partial charge in [0, 0.05) is 0 Å². The van der Waals surface area contributed by atoms with Crippen molar-refractivity contribution in [2.45, 2.75) is 173 Å². The van der Waals surface area contributed by atoms with E-state index in [-0.39, 0.29) is 36.9 Å². The van der Waals surface area contributed by atoms with Crippen molar-refractivity contribution in [1.29, 1.82) is 0 Å². The van der Waals surface area contributed by atoms with Crippen LogP contribution in [0.3, 0.4) is 0 Å². The van der Waals surface area contributed by atoms with E-state index >= 15 is 0 Å². The van der Waals surface area contributed by atoms with E-state index in [1.165, 1.54) is 128 Å². The number of unbranched alkanes of at least 4 members (excludes halogenated alkanes) is 15. The summed E-state index contributed by atoms with van der Waals surface area (Å²) in [5, 5.41) is 7.05. The van der Waals surface area contributed by atoms with E-state index in [0.29, 0.717) is 29.1 Å². The molecule has 0 aliphatic carbocycles. The molecular formula is C39H78Cl2N4O2. The Morgan fingerprint density at radius 2 is 0.915 bits per heavy atom. The largest absolute Gasteiger partial charge is 1.00 e.